The molecular formula is C29H27N5O3. The van der Waals surface area contributed by atoms with Gasteiger partial charge in [0.05, 0.1) is 43.2 Å². The number of aryl methyl sites for hydroxylation is 1. The highest BCUT2D eigenvalue weighted by molar-refractivity contribution is 6.01. The van der Waals surface area contributed by atoms with Gasteiger partial charge in [-0.05, 0) is 29.7 Å². The molecule has 1 aliphatic heterocycles. The van der Waals surface area contributed by atoms with E-state index in [1.165, 1.54) is 0 Å². The zero-order valence-corrected chi connectivity index (χ0v) is 21.0. The largest absolute Gasteiger partial charge is 0.496 e. The van der Waals surface area contributed by atoms with Crippen LogP contribution in [0.2, 0.25) is 0 Å². The maximum atomic E-state index is 13.7. The van der Waals surface area contributed by atoms with E-state index < -0.39 is 0 Å². The molecule has 1 unspecified atom stereocenters. The molecule has 1 aliphatic rings. The summed E-state index contributed by atoms with van der Waals surface area (Å²) in [5, 5.41) is 4.26. The summed E-state index contributed by atoms with van der Waals surface area (Å²) in [5.41, 5.74) is 6.22. The van der Waals surface area contributed by atoms with E-state index in [1.807, 2.05) is 71.4 Å². The van der Waals surface area contributed by atoms with E-state index >= 15 is 0 Å². The van der Waals surface area contributed by atoms with Crippen molar-refractivity contribution in [2.24, 2.45) is 7.05 Å². The highest BCUT2D eigenvalue weighted by Crippen LogP contribution is 2.40. The number of hydrogen-bond acceptors (Lipinski definition) is 5. The van der Waals surface area contributed by atoms with Crippen molar-refractivity contribution in [3.63, 3.8) is 0 Å². The van der Waals surface area contributed by atoms with Gasteiger partial charge in [-0.1, -0.05) is 36.4 Å². The molecule has 1 amide bonds. The van der Waals surface area contributed by atoms with Crippen LogP contribution in [0.1, 0.15) is 28.4 Å². The number of amides is 1. The summed E-state index contributed by atoms with van der Waals surface area (Å²) in [6, 6.07) is 20.0. The van der Waals surface area contributed by atoms with Crippen molar-refractivity contribution in [3.05, 3.63) is 90.5 Å². The average molecular weight is 494 g/mol. The molecule has 5 aromatic rings. The predicted molar refractivity (Wildman–Crippen MR) is 141 cm³/mol. The molecule has 8 nitrogen and oxygen atoms in total. The predicted octanol–water partition coefficient (Wildman–Crippen LogP) is 5.03. The second-order valence-electron chi connectivity index (χ2n) is 9.16. The number of nitrogens with zero attached hydrogens (tertiary/aromatic N) is 5. The van der Waals surface area contributed by atoms with Gasteiger partial charge in [-0.25, -0.2) is 4.98 Å². The Morgan fingerprint density at radius 2 is 1.73 bits per heavy atom. The fourth-order valence-corrected chi connectivity index (χ4v) is 5.01. The van der Waals surface area contributed by atoms with Crippen molar-refractivity contribution in [1.29, 1.82) is 0 Å². The SMILES string of the molecule is COc1cc(-n2cnc3cc(-c4cnn(C)c4)ccc32)cc(OC)c1C(=O)N1CCC1c1ccccc1. The molecule has 0 bridgehead atoms. The number of carbonyl (C=O) groups is 1. The third-order valence-electron chi connectivity index (χ3n) is 7.03. The smallest absolute Gasteiger partial charge is 0.261 e. The molecule has 0 saturated carbocycles. The van der Waals surface area contributed by atoms with E-state index in [0.29, 0.717) is 23.6 Å². The molecule has 3 heterocycles. The molecule has 0 aliphatic carbocycles. The lowest BCUT2D eigenvalue weighted by atomic mass is 9.93. The van der Waals surface area contributed by atoms with Gasteiger partial charge in [-0.15, -0.1) is 0 Å². The van der Waals surface area contributed by atoms with Gasteiger partial charge in [0.15, 0.2) is 0 Å². The fourth-order valence-electron chi connectivity index (χ4n) is 5.01. The fraction of sp³-hybridized carbons (Fsp3) is 0.207. The number of rotatable bonds is 6. The molecule has 1 saturated heterocycles. The lowest BCUT2D eigenvalue weighted by molar-refractivity contribution is 0.0453. The van der Waals surface area contributed by atoms with Crippen molar-refractivity contribution >= 4 is 16.9 Å². The van der Waals surface area contributed by atoms with Crippen LogP contribution in [0.4, 0.5) is 0 Å². The molecule has 1 atom stereocenters. The molecular weight excluding hydrogens is 466 g/mol. The van der Waals surface area contributed by atoms with E-state index in [2.05, 4.69) is 28.3 Å². The van der Waals surface area contributed by atoms with Crippen LogP contribution in [0.3, 0.4) is 0 Å². The second kappa shape index (κ2) is 9.13. The Morgan fingerprint density at radius 1 is 0.973 bits per heavy atom. The van der Waals surface area contributed by atoms with E-state index in [1.54, 1.807) is 25.2 Å². The van der Waals surface area contributed by atoms with Crippen LogP contribution in [0, 0.1) is 0 Å². The number of fused-ring (bicyclic) bond motifs is 1. The zero-order chi connectivity index (χ0) is 25.5. The first-order valence-corrected chi connectivity index (χ1v) is 12.2. The Balaban J connectivity index is 1.37. The number of imidazole rings is 1. The lowest BCUT2D eigenvalue weighted by Crippen LogP contribution is -2.45. The number of benzene rings is 3. The van der Waals surface area contributed by atoms with Crippen molar-refractivity contribution in [2.75, 3.05) is 20.8 Å². The number of aromatic nitrogens is 4. The molecule has 0 N–H and O–H groups in total. The van der Waals surface area contributed by atoms with Crippen LogP contribution in [0.25, 0.3) is 27.8 Å². The summed E-state index contributed by atoms with van der Waals surface area (Å²) in [5.74, 6) is 0.829. The molecule has 8 heteroatoms. The Hall–Kier alpha value is -4.59. The van der Waals surface area contributed by atoms with E-state index in [-0.39, 0.29) is 11.9 Å². The number of hydrogen-bond donors (Lipinski definition) is 0. The Morgan fingerprint density at radius 3 is 2.35 bits per heavy atom. The zero-order valence-electron chi connectivity index (χ0n) is 21.0. The van der Waals surface area contributed by atoms with Gasteiger partial charge in [-0.3, -0.25) is 14.0 Å². The van der Waals surface area contributed by atoms with Crippen LogP contribution >= 0.6 is 0 Å². The van der Waals surface area contributed by atoms with E-state index in [0.717, 1.165) is 39.8 Å². The monoisotopic (exact) mass is 493 g/mol. The van der Waals surface area contributed by atoms with Crippen molar-refractivity contribution in [3.8, 4) is 28.3 Å². The average Bonchev–Trinajstić information content (AvgIpc) is 3.53. The van der Waals surface area contributed by atoms with Crippen LogP contribution < -0.4 is 9.47 Å². The molecule has 2 aromatic heterocycles. The van der Waals surface area contributed by atoms with E-state index in [9.17, 15) is 4.79 Å². The van der Waals surface area contributed by atoms with Crippen molar-refractivity contribution in [2.45, 2.75) is 12.5 Å². The molecule has 6 rings (SSSR count). The van der Waals surface area contributed by atoms with E-state index in [4.69, 9.17) is 9.47 Å². The van der Waals surface area contributed by atoms with Crippen LogP contribution in [-0.2, 0) is 7.05 Å². The first-order valence-electron chi connectivity index (χ1n) is 12.2. The van der Waals surface area contributed by atoms with Gasteiger partial charge in [0.1, 0.15) is 23.4 Å². The first kappa shape index (κ1) is 22.8. The molecule has 3 aromatic carbocycles. The van der Waals surface area contributed by atoms with Gasteiger partial charge < -0.3 is 14.4 Å². The number of methoxy groups -OCH3 is 2. The minimum atomic E-state index is -0.100. The lowest BCUT2D eigenvalue weighted by Gasteiger charge is -2.41. The topological polar surface area (TPSA) is 74.4 Å². The minimum absolute atomic E-state index is 0.0504. The van der Waals surface area contributed by atoms with Gasteiger partial charge in [-0.2, -0.15) is 5.10 Å². The summed E-state index contributed by atoms with van der Waals surface area (Å²) in [4.78, 5) is 20.2. The Bertz CT molecular complexity index is 1580. The van der Waals surface area contributed by atoms with Gasteiger partial charge in [0, 0.05) is 37.5 Å². The quantitative estimate of drug-likeness (QED) is 0.332. The summed E-state index contributed by atoms with van der Waals surface area (Å²) >= 11 is 0. The minimum Gasteiger partial charge on any atom is -0.496 e. The third kappa shape index (κ3) is 3.91. The third-order valence-corrected chi connectivity index (χ3v) is 7.03. The molecule has 37 heavy (non-hydrogen) atoms. The van der Waals surface area contributed by atoms with Gasteiger partial charge >= 0.3 is 0 Å². The standard InChI is InChI=1S/C29H27N5O3/c1-32-17-21(16-31-32)20-9-10-25-23(13-20)30-18-34(25)22-14-26(36-2)28(27(15-22)37-3)29(35)33-12-11-24(33)19-7-5-4-6-8-19/h4-10,13-18,24H,11-12H2,1-3H3. The van der Waals surface area contributed by atoms with Crippen molar-refractivity contribution in [1.82, 2.24) is 24.2 Å². The van der Waals surface area contributed by atoms with Gasteiger partial charge in [0.25, 0.3) is 5.91 Å². The molecule has 0 radical (unpaired) electrons. The molecule has 186 valence electrons. The molecule has 1 fully saturated rings. The normalized spacial score (nSPS) is 15.0. The van der Waals surface area contributed by atoms with Gasteiger partial charge in [0.2, 0.25) is 0 Å². The first-order chi connectivity index (χ1) is 18.1. The summed E-state index contributed by atoms with van der Waals surface area (Å²) in [7, 11) is 5.05. The van der Waals surface area contributed by atoms with Crippen LogP contribution in [0.15, 0.2) is 79.4 Å². The molecule has 0 spiro atoms. The maximum Gasteiger partial charge on any atom is 0.261 e. The highest BCUT2D eigenvalue weighted by atomic mass is 16.5. The number of ether oxygens (including phenoxy) is 2. The summed E-state index contributed by atoms with van der Waals surface area (Å²) in [6.07, 6.45) is 6.52. The second-order valence-corrected chi connectivity index (χ2v) is 9.16. The summed E-state index contributed by atoms with van der Waals surface area (Å²) in [6.45, 7) is 0.692. The number of likely N-dealkylation sites (tertiary alicyclic amines) is 1. The Labute approximate surface area is 214 Å². The summed E-state index contributed by atoms with van der Waals surface area (Å²) < 4.78 is 15.2. The van der Waals surface area contributed by atoms with Crippen LogP contribution in [0.5, 0.6) is 11.5 Å². The highest BCUT2D eigenvalue weighted by Gasteiger charge is 2.36. The number of carbonyl (C=O) groups excluding carboxylic acids is 1. The Kier molecular flexibility index (Phi) is 5.64. The van der Waals surface area contributed by atoms with Crippen LogP contribution in [-0.4, -0.2) is 50.9 Å². The van der Waals surface area contributed by atoms with Crippen molar-refractivity contribution < 1.29 is 14.3 Å². The maximum absolute atomic E-state index is 13.7.